The summed E-state index contributed by atoms with van der Waals surface area (Å²) in [5.41, 5.74) is 0.386. The Morgan fingerprint density at radius 1 is 1.16 bits per heavy atom. The Labute approximate surface area is 193 Å². The summed E-state index contributed by atoms with van der Waals surface area (Å²) in [6.45, 7) is 2.95. The second kappa shape index (κ2) is 8.18. The van der Waals surface area contributed by atoms with Crippen LogP contribution in [0.2, 0.25) is 0 Å². The molecule has 164 valence electrons. The summed E-state index contributed by atoms with van der Waals surface area (Å²) < 4.78 is 15.2. The smallest absolute Gasteiger partial charge is 0.271 e. The van der Waals surface area contributed by atoms with Crippen LogP contribution >= 0.6 is 22.7 Å². The van der Waals surface area contributed by atoms with Crippen LogP contribution in [-0.2, 0) is 24.3 Å². The second-order valence-corrected chi connectivity index (χ2v) is 10.1. The van der Waals surface area contributed by atoms with Gasteiger partial charge in [-0.3, -0.25) is 9.59 Å². The lowest BCUT2D eigenvalue weighted by Gasteiger charge is -2.44. The van der Waals surface area contributed by atoms with Gasteiger partial charge in [0.15, 0.2) is 0 Å². The maximum absolute atomic E-state index is 13.6. The minimum Gasteiger partial charge on any atom is -0.350 e. The number of amides is 2. The number of nitrogens with one attached hydrogen (secondary N) is 1. The molecule has 0 radical (unpaired) electrons. The molecular weight excluding hydrogens is 445 g/mol. The van der Waals surface area contributed by atoms with Crippen molar-refractivity contribution in [3.05, 3.63) is 81.2 Å². The largest absolute Gasteiger partial charge is 0.350 e. The Balaban J connectivity index is 1.45. The fraction of sp³-hybridized carbons (Fsp3) is 0.250. The lowest BCUT2D eigenvalue weighted by molar-refractivity contribution is -0.133. The van der Waals surface area contributed by atoms with E-state index in [1.807, 2.05) is 46.5 Å². The van der Waals surface area contributed by atoms with E-state index in [4.69, 9.17) is 0 Å². The SMILES string of the molecule is C[C@]1(C(=O)NCc2ccc(F)cc2)Cn2c(cc3ccsc32)C(=O)N1CCc1cccs1. The number of aromatic nitrogens is 1. The zero-order valence-electron chi connectivity index (χ0n) is 17.5. The van der Waals surface area contributed by atoms with Crippen molar-refractivity contribution < 1.29 is 14.0 Å². The fourth-order valence-electron chi connectivity index (χ4n) is 4.26. The zero-order chi connectivity index (χ0) is 22.3. The first kappa shape index (κ1) is 20.9. The van der Waals surface area contributed by atoms with Crippen LogP contribution in [0.3, 0.4) is 0 Å². The second-order valence-electron chi connectivity index (χ2n) is 8.17. The monoisotopic (exact) mass is 467 g/mol. The van der Waals surface area contributed by atoms with E-state index in [2.05, 4.69) is 5.32 Å². The Hall–Kier alpha value is -2.97. The van der Waals surface area contributed by atoms with Crippen LogP contribution in [0.5, 0.6) is 0 Å². The number of benzene rings is 1. The van der Waals surface area contributed by atoms with E-state index in [1.54, 1.807) is 39.7 Å². The van der Waals surface area contributed by atoms with E-state index < -0.39 is 5.54 Å². The summed E-state index contributed by atoms with van der Waals surface area (Å²) in [7, 11) is 0. The molecule has 0 bridgehead atoms. The molecule has 4 heterocycles. The van der Waals surface area contributed by atoms with Crippen molar-refractivity contribution in [3.63, 3.8) is 0 Å². The van der Waals surface area contributed by atoms with Crippen LogP contribution in [0.4, 0.5) is 4.39 Å². The lowest BCUT2D eigenvalue weighted by Crippen LogP contribution is -2.64. The standard InChI is InChI=1S/C24H22FN3O2S2/c1-24(23(30)26-14-16-4-6-18(25)7-5-16)15-27-20(13-17-9-12-32-22(17)27)21(29)28(24)10-8-19-3-2-11-31-19/h2-7,9,11-13H,8,10,14-15H2,1H3,(H,26,30)/t24-/m1/s1. The van der Waals surface area contributed by atoms with Gasteiger partial charge in [-0.15, -0.1) is 22.7 Å². The predicted octanol–water partition coefficient (Wildman–Crippen LogP) is 4.68. The number of hydrogen-bond acceptors (Lipinski definition) is 4. The Bertz CT molecular complexity index is 1280. The van der Waals surface area contributed by atoms with Gasteiger partial charge in [0.25, 0.3) is 5.91 Å². The Morgan fingerprint density at radius 3 is 2.72 bits per heavy atom. The molecule has 0 aliphatic carbocycles. The minimum atomic E-state index is -1.04. The fourth-order valence-corrected chi connectivity index (χ4v) is 5.85. The van der Waals surface area contributed by atoms with Crippen LogP contribution < -0.4 is 5.32 Å². The third-order valence-electron chi connectivity index (χ3n) is 6.05. The van der Waals surface area contributed by atoms with Crippen molar-refractivity contribution in [1.82, 2.24) is 14.8 Å². The van der Waals surface area contributed by atoms with Gasteiger partial charge in [0.1, 0.15) is 21.9 Å². The molecule has 1 N–H and O–H groups in total. The number of thiophene rings is 2. The van der Waals surface area contributed by atoms with Gasteiger partial charge < -0.3 is 14.8 Å². The van der Waals surface area contributed by atoms with Gasteiger partial charge in [0, 0.05) is 23.4 Å². The van der Waals surface area contributed by atoms with Crippen LogP contribution in [-0.4, -0.2) is 33.4 Å². The summed E-state index contributed by atoms with van der Waals surface area (Å²) in [5, 5.41) is 8.01. The highest BCUT2D eigenvalue weighted by molar-refractivity contribution is 7.16. The van der Waals surface area contributed by atoms with Crippen molar-refractivity contribution in [3.8, 4) is 0 Å². The van der Waals surface area contributed by atoms with E-state index in [0.29, 0.717) is 25.2 Å². The first-order chi connectivity index (χ1) is 15.5. The van der Waals surface area contributed by atoms with Gasteiger partial charge in [-0.1, -0.05) is 18.2 Å². The highest BCUT2D eigenvalue weighted by Crippen LogP contribution is 2.34. The van der Waals surface area contributed by atoms with Gasteiger partial charge in [0.05, 0.1) is 6.54 Å². The average molecular weight is 468 g/mol. The Morgan fingerprint density at radius 2 is 1.97 bits per heavy atom. The summed E-state index contributed by atoms with van der Waals surface area (Å²) in [6, 6.07) is 14.0. The quantitative estimate of drug-likeness (QED) is 0.448. The Kier molecular flexibility index (Phi) is 5.35. The summed E-state index contributed by atoms with van der Waals surface area (Å²) >= 11 is 3.22. The van der Waals surface area contributed by atoms with Crippen LogP contribution in [0, 0.1) is 5.82 Å². The first-order valence-electron chi connectivity index (χ1n) is 10.4. The molecule has 0 unspecified atom stereocenters. The highest BCUT2D eigenvalue weighted by Gasteiger charge is 2.47. The summed E-state index contributed by atoms with van der Waals surface area (Å²) in [5.74, 6) is -0.661. The van der Waals surface area contributed by atoms with Crippen LogP contribution in [0.15, 0.2) is 59.3 Å². The number of hydrogen-bond donors (Lipinski definition) is 1. The number of carbonyl (C=O) groups excluding carboxylic acids is 2. The molecule has 1 aliphatic rings. The molecule has 0 spiro atoms. The third-order valence-corrected chi connectivity index (χ3v) is 7.93. The average Bonchev–Trinajstić information content (AvgIpc) is 3.52. The van der Waals surface area contributed by atoms with Crippen molar-refractivity contribution in [2.75, 3.05) is 6.54 Å². The molecule has 3 aromatic heterocycles. The number of nitrogens with zero attached hydrogens (tertiary/aromatic N) is 2. The van der Waals surface area contributed by atoms with E-state index in [1.165, 1.54) is 17.0 Å². The molecular formula is C24H22FN3O2S2. The maximum Gasteiger partial charge on any atom is 0.271 e. The number of halogens is 1. The topological polar surface area (TPSA) is 54.3 Å². The molecule has 32 heavy (non-hydrogen) atoms. The minimum absolute atomic E-state index is 0.129. The van der Waals surface area contributed by atoms with E-state index in [0.717, 1.165) is 15.8 Å². The van der Waals surface area contributed by atoms with E-state index in [-0.39, 0.29) is 24.2 Å². The highest BCUT2D eigenvalue weighted by atomic mass is 32.1. The number of fused-ring (bicyclic) bond motifs is 3. The molecule has 8 heteroatoms. The lowest BCUT2D eigenvalue weighted by atomic mass is 9.94. The molecule has 4 aromatic rings. The predicted molar refractivity (Wildman–Crippen MR) is 126 cm³/mol. The van der Waals surface area contributed by atoms with Gasteiger partial charge in [-0.25, -0.2) is 4.39 Å². The van der Waals surface area contributed by atoms with Gasteiger partial charge in [-0.05, 0) is 60.0 Å². The van der Waals surface area contributed by atoms with Crippen molar-refractivity contribution in [2.24, 2.45) is 0 Å². The molecule has 1 aliphatic heterocycles. The molecule has 5 nitrogen and oxygen atoms in total. The molecule has 1 aromatic carbocycles. The molecule has 1 atom stereocenters. The number of rotatable bonds is 6. The van der Waals surface area contributed by atoms with Crippen molar-refractivity contribution >= 4 is 44.7 Å². The summed E-state index contributed by atoms with van der Waals surface area (Å²) in [6.07, 6.45) is 0.694. The molecule has 5 rings (SSSR count). The van der Waals surface area contributed by atoms with Crippen molar-refractivity contribution in [1.29, 1.82) is 0 Å². The molecule has 2 amide bonds. The number of carbonyl (C=O) groups is 2. The normalized spacial score (nSPS) is 18.2. The maximum atomic E-state index is 13.6. The zero-order valence-corrected chi connectivity index (χ0v) is 19.1. The van der Waals surface area contributed by atoms with Gasteiger partial charge in [-0.2, -0.15) is 0 Å². The van der Waals surface area contributed by atoms with E-state index >= 15 is 0 Å². The third kappa shape index (κ3) is 3.63. The molecule has 0 saturated carbocycles. The van der Waals surface area contributed by atoms with Crippen molar-refractivity contribution in [2.45, 2.75) is 32.0 Å². The summed E-state index contributed by atoms with van der Waals surface area (Å²) in [4.78, 5) is 31.0. The van der Waals surface area contributed by atoms with Gasteiger partial charge >= 0.3 is 0 Å². The van der Waals surface area contributed by atoms with Crippen LogP contribution in [0.25, 0.3) is 10.2 Å². The molecule has 0 saturated heterocycles. The van der Waals surface area contributed by atoms with Crippen LogP contribution in [0.1, 0.15) is 27.9 Å². The van der Waals surface area contributed by atoms with Gasteiger partial charge in [0.2, 0.25) is 5.91 Å². The molecule has 0 fully saturated rings. The van der Waals surface area contributed by atoms with E-state index in [9.17, 15) is 14.0 Å². The first-order valence-corrected chi connectivity index (χ1v) is 12.2.